The number of dihydropyridines is 1. The van der Waals surface area contributed by atoms with E-state index in [0.29, 0.717) is 6.04 Å². The van der Waals surface area contributed by atoms with Crippen LogP contribution in [0.2, 0.25) is 0 Å². The van der Waals surface area contributed by atoms with Crippen molar-refractivity contribution in [2.24, 2.45) is 10.9 Å². The van der Waals surface area contributed by atoms with Crippen LogP contribution in [0.5, 0.6) is 0 Å². The van der Waals surface area contributed by atoms with E-state index in [9.17, 15) is 0 Å². The van der Waals surface area contributed by atoms with Crippen LogP contribution in [-0.4, -0.2) is 12.3 Å². The van der Waals surface area contributed by atoms with Gasteiger partial charge in [-0.25, -0.2) is 0 Å². The molecular formula is C6H7N. The first-order valence-corrected chi connectivity index (χ1v) is 2.67. The molecule has 0 N–H and O–H groups in total. The fourth-order valence-electron chi connectivity index (χ4n) is 0.931. The van der Waals surface area contributed by atoms with E-state index in [1.54, 1.807) is 0 Å². The largest absolute Gasteiger partial charge is 0.289 e. The Hall–Kier alpha value is -0.590. The molecule has 1 saturated carbocycles. The fraction of sp³-hybridized carbons (Fsp3) is 0.500. The van der Waals surface area contributed by atoms with E-state index in [-0.39, 0.29) is 0 Å². The Morgan fingerprint density at radius 3 is 3.14 bits per heavy atom. The molecule has 0 aromatic heterocycles. The topological polar surface area (TPSA) is 12.4 Å². The van der Waals surface area contributed by atoms with Gasteiger partial charge < -0.3 is 0 Å². The van der Waals surface area contributed by atoms with Crippen molar-refractivity contribution in [3.63, 3.8) is 0 Å². The van der Waals surface area contributed by atoms with Crippen molar-refractivity contribution in [2.75, 3.05) is 0 Å². The van der Waals surface area contributed by atoms with Gasteiger partial charge >= 0.3 is 0 Å². The van der Waals surface area contributed by atoms with Gasteiger partial charge in [0.25, 0.3) is 0 Å². The summed E-state index contributed by atoms with van der Waals surface area (Å²) in [6.45, 7) is 0. The molecule has 7 heavy (non-hydrogen) atoms. The molecule has 1 nitrogen and oxygen atoms in total. The van der Waals surface area contributed by atoms with Crippen LogP contribution in [0.15, 0.2) is 17.1 Å². The van der Waals surface area contributed by atoms with E-state index in [1.165, 1.54) is 6.42 Å². The maximum absolute atomic E-state index is 4.19. The minimum Gasteiger partial charge on any atom is -0.289 e. The molecule has 1 heteroatoms. The van der Waals surface area contributed by atoms with Crippen molar-refractivity contribution >= 4 is 6.21 Å². The molecule has 1 aliphatic heterocycles. The Balaban J connectivity index is 2.28. The standard InChI is InChI=1S/C6H7N/c1-2-5-4-6(5)7-3-1/h1-3,5-6H,4H2. The monoisotopic (exact) mass is 93.1 g/mol. The molecule has 36 valence electrons. The summed E-state index contributed by atoms with van der Waals surface area (Å²) < 4.78 is 0. The molecule has 0 aromatic carbocycles. The summed E-state index contributed by atoms with van der Waals surface area (Å²) in [6.07, 6.45) is 7.47. The molecule has 0 aromatic rings. The van der Waals surface area contributed by atoms with Crippen molar-refractivity contribution in [2.45, 2.75) is 12.5 Å². The Morgan fingerprint density at radius 1 is 1.57 bits per heavy atom. The first kappa shape index (κ1) is 3.42. The van der Waals surface area contributed by atoms with Crippen LogP contribution in [0.1, 0.15) is 6.42 Å². The third-order valence-corrected chi connectivity index (χ3v) is 1.53. The van der Waals surface area contributed by atoms with Crippen molar-refractivity contribution in [1.29, 1.82) is 0 Å². The highest BCUT2D eigenvalue weighted by molar-refractivity contribution is 5.73. The molecule has 2 aliphatic rings. The lowest BCUT2D eigenvalue weighted by Gasteiger charge is -1.87. The Labute approximate surface area is 42.8 Å². The second-order valence-corrected chi connectivity index (χ2v) is 2.15. The lowest BCUT2D eigenvalue weighted by molar-refractivity contribution is 0.971. The summed E-state index contributed by atoms with van der Waals surface area (Å²) in [4.78, 5) is 4.19. The smallest absolute Gasteiger partial charge is 0.0569 e. The Bertz CT molecular complexity index is 119. The highest BCUT2D eigenvalue weighted by Crippen LogP contribution is 2.36. The minimum atomic E-state index is 0.685. The SMILES string of the molecule is C1=CC2CC2N=C1. The van der Waals surface area contributed by atoms with Crippen molar-refractivity contribution < 1.29 is 0 Å². The third kappa shape index (κ3) is 0.408. The first-order chi connectivity index (χ1) is 3.47. The van der Waals surface area contributed by atoms with Gasteiger partial charge in [0.1, 0.15) is 0 Å². The molecule has 1 heterocycles. The molecule has 2 rings (SSSR count). The van der Waals surface area contributed by atoms with Gasteiger partial charge in [0.05, 0.1) is 6.04 Å². The first-order valence-electron chi connectivity index (χ1n) is 2.67. The van der Waals surface area contributed by atoms with E-state index in [2.05, 4.69) is 11.1 Å². The van der Waals surface area contributed by atoms with Gasteiger partial charge in [0.2, 0.25) is 0 Å². The number of rotatable bonds is 0. The molecule has 2 unspecified atom stereocenters. The molecule has 0 bridgehead atoms. The van der Waals surface area contributed by atoms with E-state index >= 15 is 0 Å². The van der Waals surface area contributed by atoms with Gasteiger partial charge in [-0.15, -0.1) is 0 Å². The molecule has 0 amide bonds. The molecule has 1 fully saturated rings. The summed E-state index contributed by atoms with van der Waals surface area (Å²) in [5, 5.41) is 0. The van der Waals surface area contributed by atoms with Gasteiger partial charge in [0, 0.05) is 12.1 Å². The predicted octanol–water partition coefficient (Wildman–Crippen LogP) is 1.02. The summed E-state index contributed by atoms with van der Waals surface area (Å²) in [6, 6.07) is 0.685. The van der Waals surface area contributed by atoms with Crippen LogP contribution in [-0.2, 0) is 0 Å². The fourth-order valence-corrected chi connectivity index (χ4v) is 0.931. The van der Waals surface area contributed by atoms with Gasteiger partial charge in [0.15, 0.2) is 0 Å². The highest BCUT2D eigenvalue weighted by Gasteiger charge is 2.34. The number of allylic oxidation sites excluding steroid dienone is 1. The van der Waals surface area contributed by atoms with Gasteiger partial charge in [-0.2, -0.15) is 0 Å². The van der Waals surface area contributed by atoms with Gasteiger partial charge in [-0.3, -0.25) is 4.99 Å². The Morgan fingerprint density at radius 2 is 2.57 bits per heavy atom. The summed E-state index contributed by atoms with van der Waals surface area (Å²) in [5.41, 5.74) is 0. The van der Waals surface area contributed by atoms with Crippen molar-refractivity contribution in [3.8, 4) is 0 Å². The highest BCUT2D eigenvalue weighted by atomic mass is 14.9. The van der Waals surface area contributed by atoms with E-state index in [4.69, 9.17) is 0 Å². The van der Waals surface area contributed by atoms with Crippen LogP contribution in [0.25, 0.3) is 0 Å². The molecule has 0 saturated heterocycles. The van der Waals surface area contributed by atoms with Gasteiger partial charge in [-0.1, -0.05) is 6.08 Å². The summed E-state index contributed by atoms with van der Waals surface area (Å²) >= 11 is 0. The lowest BCUT2D eigenvalue weighted by atomic mass is 10.3. The van der Waals surface area contributed by atoms with Crippen LogP contribution in [0.3, 0.4) is 0 Å². The van der Waals surface area contributed by atoms with E-state index in [0.717, 1.165) is 5.92 Å². The van der Waals surface area contributed by atoms with E-state index < -0.39 is 0 Å². The van der Waals surface area contributed by atoms with E-state index in [1.807, 2.05) is 12.3 Å². The number of hydrogen-bond donors (Lipinski definition) is 0. The molecule has 2 atom stereocenters. The second kappa shape index (κ2) is 0.971. The van der Waals surface area contributed by atoms with Crippen LogP contribution < -0.4 is 0 Å². The van der Waals surface area contributed by atoms with Crippen molar-refractivity contribution in [3.05, 3.63) is 12.2 Å². The zero-order chi connectivity index (χ0) is 4.69. The summed E-state index contributed by atoms with van der Waals surface area (Å²) in [7, 11) is 0. The number of hydrogen-bond acceptors (Lipinski definition) is 1. The number of aliphatic imine (C=N–C) groups is 1. The Kier molecular flexibility index (Phi) is 0.474. The van der Waals surface area contributed by atoms with Gasteiger partial charge in [-0.05, 0) is 12.5 Å². The maximum atomic E-state index is 4.19. The quantitative estimate of drug-likeness (QED) is 0.424. The molecule has 0 radical (unpaired) electrons. The van der Waals surface area contributed by atoms with Crippen LogP contribution in [0, 0.1) is 5.92 Å². The average molecular weight is 93.1 g/mol. The van der Waals surface area contributed by atoms with Crippen molar-refractivity contribution in [1.82, 2.24) is 0 Å². The zero-order valence-electron chi connectivity index (χ0n) is 4.04. The van der Waals surface area contributed by atoms with Crippen LogP contribution >= 0.6 is 0 Å². The molecule has 1 aliphatic carbocycles. The second-order valence-electron chi connectivity index (χ2n) is 2.15. The molecule has 0 spiro atoms. The van der Waals surface area contributed by atoms with Crippen LogP contribution in [0.4, 0.5) is 0 Å². The maximum Gasteiger partial charge on any atom is 0.0569 e. The molecular weight excluding hydrogens is 86.1 g/mol. The average Bonchev–Trinajstić information content (AvgIpc) is 2.41. The number of fused-ring (bicyclic) bond motifs is 1. The predicted molar refractivity (Wildman–Crippen MR) is 29.5 cm³/mol. The zero-order valence-corrected chi connectivity index (χ0v) is 4.04. The minimum absolute atomic E-state index is 0.685. The third-order valence-electron chi connectivity index (χ3n) is 1.53. The summed E-state index contributed by atoms with van der Waals surface area (Å²) in [5.74, 6) is 0.824. The number of nitrogens with zero attached hydrogens (tertiary/aromatic N) is 1. The lowest BCUT2D eigenvalue weighted by Crippen LogP contribution is -1.85. The normalized spacial score (nSPS) is 43.4.